The highest BCUT2D eigenvalue weighted by Crippen LogP contribution is 2.15. The first-order chi connectivity index (χ1) is 12.5. The number of hydrogen-bond acceptors (Lipinski definition) is 4. The van der Waals surface area contributed by atoms with Crippen LogP contribution in [0.4, 0.5) is 0 Å². The molecule has 3 rings (SSSR count). The number of hydrogen-bond donors (Lipinski definition) is 2. The van der Waals surface area contributed by atoms with E-state index in [2.05, 4.69) is 5.32 Å². The van der Waals surface area contributed by atoms with Gasteiger partial charge in [-0.1, -0.05) is 18.2 Å². The predicted octanol–water partition coefficient (Wildman–Crippen LogP) is 1.94. The molecule has 2 N–H and O–H groups in total. The second-order valence-electron chi connectivity index (χ2n) is 6.29. The second kappa shape index (κ2) is 7.86. The number of benzene rings is 1. The Labute approximate surface area is 150 Å². The first kappa shape index (κ1) is 17.7. The normalized spacial score (nSPS) is 14.8. The lowest BCUT2D eigenvalue weighted by Gasteiger charge is -2.32. The molecule has 0 saturated carbocycles. The highest BCUT2D eigenvalue weighted by Gasteiger charge is 2.25. The third-order valence-corrected chi connectivity index (χ3v) is 4.51. The van der Waals surface area contributed by atoms with Gasteiger partial charge in [-0.2, -0.15) is 0 Å². The Kier molecular flexibility index (Phi) is 5.36. The average molecular weight is 356 g/mol. The molecular formula is C19H20N2O5. The van der Waals surface area contributed by atoms with Gasteiger partial charge < -0.3 is 19.7 Å². The zero-order chi connectivity index (χ0) is 18.5. The van der Waals surface area contributed by atoms with Gasteiger partial charge in [0.05, 0.1) is 23.8 Å². The van der Waals surface area contributed by atoms with E-state index >= 15 is 0 Å². The summed E-state index contributed by atoms with van der Waals surface area (Å²) in [5.74, 6) is -1.32. The van der Waals surface area contributed by atoms with Gasteiger partial charge in [0.15, 0.2) is 0 Å². The van der Waals surface area contributed by atoms with Gasteiger partial charge in [-0.05, 0) is 30.5 Å². The van der Waals surface area contributed by atoms with Crippen LogP contribution in [0.3, 0.4) is 0 Å². The molecule has 7 heteroatoms. The van der Waals surface area contributed by atoms with E-state index in [1.54, 1.807) is 29.2 Å². The largest absolute Gasteiger partial charge is 0.478 e. The number of carbonyl (C=O) groups is 3. The summed E-state index contributed by atoms with van der Waals surface area (Å²) < 4.78 is 4.94. The van der Waals surface area contributed by atoms with Crippen LogP contribution < -0.4 is 5.32 Å². The van der Waals surface area contributed by atoms with Crippen molar-refractivity contribution in [2.75, 3.05) is 13.1 Å². The van der Waals surface area contributed by atoms with Crippen LogP contribution in [0.2, 0.25) is 0 Å². The molecule has 0 spiro atoms. The monoisotopic (exact) mass is 356 g/mol. The smallest absolute Gasteiger partial charge is 0.335 e. The molecule has 1 aromatic carbocycles. The third kappa shape index (κ3) is 4.11. The van der Waals surface area contributed by atoms with Crippen molar-refractivity contribution < 1.29 is 23.9 Å². The van der Waals surface area contributed by atoms with E-state index in [1.807, 2.05) is 0 Å². The van der Waals surface area contributed by atoms with Crippen LogP contribution in [0, 0.1) is 0 Å². The molecule has 2 heterocycles. The van der Waals surface area contributed by atoms with Crippen molar-refractivity contribution in [3.63, 3.8) is 0 Å². The van der Waals surface area contributed by atoms with Crippen LogP contribution in [0.25, 0.3) is 0 Å². The van der Waals surface area contributed by atoms with E-state index in [4.69, 9.17) is 4.42 Å². The maximum Gasteiger partial charge on any atom is 0.335 e. The van der Waals surface area contributed by atoms with Crippen molar-refractivity contribution in [3.05, 3.63) is 59.5 Å². The van der Waals surface area contributed by atoms with Crippen molar-refractivity contribution in [2.24, 2.45) is 0 Å². The van der Waals surface area contributed by atoms with Crippen molar-refractivity contribution >= 4 is 17.8 Å². The van der Waals surface area contributed by atoms with Gasteiger partial charge in [-0.25, -0.2) is 4.79 Å². The van der Waals surface area contributed by atoms with Gasteiger partial charge >= 0.3 is 5.97 Å². The van der Waals surface area contributed by atoms with Crippen molar-refractivity contribution in [3.8, 4) is 0 Å². The van der Waals surface area contributed by atoms with Crippen LogP contribution in [0.1, 0.15) is 39.1 Å². The summed E-state index contributed by atoms with van der Waals surface area (Å²) in [5.41, 5.74) is 1.16. The van der Waals surface area contributed by atoms with Gasteiger partial charge in [0.2, 0.25) is 5.91 Å². The van der Waals surface area contributed by atoms with Crippen molar-refractivity contribution in [2.45, 2.75) is 25.3 Å². The molecule has 1 saturated heterocycles. The number of furan rings is 1. The lowest BCUT2D eigenvalue weighted by Crippen LogP contribution is -2.46. The van der Waals surface area contributed by atoms with Gasteiger partial charge in [0, 0.05) is 19.1 Å². The van der Waals surface area contributed by atoms with E-state index in [-0.39, 0.29) is 29.8 Å². The molecule has 2 amide bonds. The summed E-state index contributed by atoms with van der Waals surface area (Å²) in [4.78, 5) is 37.5. The van der Waals surface area contributed by atoms with Gasteiger partial charge in [-0.3, -0.25) is 9.59 Å². The summed E-state index contributed by atoms with van der Waals surface area (Å²) in [7, 11) is 0. The van der Waals surface area contributed by atoms with Crippen LogP contribution in [0.15, 0.2) is 47.3 Å². The number of carboxylic acids is 1. The van der Waals surface area contributed by atoms with E-state index in [9.17, 15) is 19.5 Å². The number of piperidine rings is 1. The molecule has 1 aliphatic rings. The molecule has 0 radical (unpaired) electrons. The van der Waals surface area contributed by atoms with Crippen LogP contribution in [0.5, 0.6) is 0 Å². The van der Waals surface area contributed by atoms with E-state index in [1.165, 1.54) is 18.6 Å². The topological polar surface area (TPSA) is 99.9 Å². The summed E-state index contributed by atoms with van der Waals surface area (Å²) in [6.45, 7) is 1.11. The molecule has 136 valence electrons. The molecule has 0 unspecified atom stereocenters. The molecule has 1 fully saturated rings. The van der Waals surface area contributed by atoms with Crippen molar-refractivity contribution in [1.82, 2.24) is 10.2 Å². The number of likely N-dealkylation sites (tertiary alicyclic amines) is 1. The molecular weight excluding hydrogens is 336 g/mol. The third-order valence-electron chi connectivity index (χ3n) is 4.51. The van der Waals surface area contributed by atoms with E-state index in [0.717, 1.165) is 0 Å². The summed E-state index contributed by atoms with van der Waals surface area (Å²) in [6.07, 6.45) is 4.24. The minimum Gasteiger partial charge on any atom is -0.478 e. The fourth-order valence-corrected chi connectivity index (χ4v) is 3.13. The Balaban J connectivity index is 1.51. The fourth-order valence-electron chi connectivity index (χ4n) is 3.13. The van der Waals surface area contributed by atoms with E-state index < -0.39 is 5.97 Å². The molecule has 0 bridgehead atoms. The highest BCUT2D eigenvalue weighted by atomic mass is 16.4. The van der Waals surface area contributed by atoms with Gasteiger partial charge in [-0.15, -0.1) is 0 Å². The number of aromatic carboxylic acids is 1. The lowest BCUT2D eigenvalue weighted by atomic mass is 10.0. The zero-order valence-corrected chi connectivity index (χ0v) is 14.2. The standard InChI is InChI=1S/C19H20N2O5/c22-17(11-13-3-1-2-4-16(13)19(24)25)20-15-5-8-21(9-6-15)18(23)14-7-10-26-12-14/h1-4,7,10,12,15H,5-6,8-9,11H2,(H,20,22)(H,24,25). The Morgan fingerprint density at radius 1 is 1.15 bits per heavy atom. The number of carbonyl (C=O) groups excluding carboxylic acids is 2. The van der Waals surface area contributed by atoms with Crippen LogP contribution >= 0.6 is 0 Å². The fraction of sp³-hybridized carbons (Fsp3) is 0.316. The van der Waals surface area contributed by atoms with Gasteiger partial charge in [0.25, 0.3) is 5.91 Å². The first-order valence-corrected chi connectivity index (χ1v) is 8.46. The number of amides is 2. The Morgan fingerprint density at radius 3 is 2.54 bits per heavy atom. The lowest BCUT2D eigenvalue weighted by molar-refractivity contribution is -0.121. The Bertz CT molecular complexity index is 792. The quantitative estimate of drug-likeness (QED) is 0.853. The Hall–Kier alpha value is -3.09. The maximum absolute atomic E-state index is 12.3. The number of rotatable bonds is 5. The number of nitrogens with zero attached hydrogens (tertiary/aromatic N) is 1. The average Bonchev–Trinajstić information content (AvgIpc) is 3.16. The molecule has 7 nitrogen and oxygen atoms in total. The van der Waals surface area contributed by atoms with Crippen LogP contribution in [-0.4, -0.2) is 46.9 Å². The minimum absolute atomic E-state index is 0.0205. The Morgan fingerprint density at radius 2 is 1.88 bits per heavy atom. The second-order valence-corrected chi connectivity index (χ2v) is 6.29. The molecule has 0 aliphatic carbocycles. The summed E-state index contributed by atoms with van der Waals surface area (Å²) in [5, 5.41) is 12.1. The van der Waals surface area contributed by atoms with Crippen LogP contribution in [-0.2, 0) is 11.2 Å². The molecule has 26 heavy (non-hydrogen) atoms. The summed E-state index contributed by atoms with van der Waals surface area (Å²) >= 11 is 0. The maximum atomic E-state index is 12.3. The van der Waals surface area contributed by atoms with E-state index in [0.29, 0.717) is 37.1 Å². The van der Waals surface area contributed by atoms with Gasteiger partial charge in [0.1, 0.15) is 6.26 Å². The highest BCUT2D eigenvalue weighted by molar-refractivity contribution is 5.94. The minimum atomic E-state index is -1.04. The molecule has 1 aliphatic heterocycles. The summed E-state index contributed by atoms with van der Waals surface area (Å²) in [6, 6.07) is 8.11. The number of nitrogens with one attached hydrogen (secondary N) is 1. The molecule has 1 aromatic heterocycles. The van der Waals surface area contributed by atoms with Crippen molar-refractivity contribution in [1.29, 1.82) is 0 Å². The first-order valence-electron chi connectivity index (χ1n) is 8.46. The molecule has 0 atom stereocenters. The molecule has 2 aromatic rings. The SMILES string of the molecule is O=C(Cc1ccccc1C(=O)O)NC1CCN(C(=O)c2ccoc2)CC1. The number of carboxylic acid groups (broad SMARTS) is 1. The zero-order valence-electron chi connectivity index (χ0n) is 14.2. The predicted molar refractivity (Wildman–Crippen MR) is 92.9 cm³/mol.